The Bertz CT molecular complexity index is 859. The molecule has 0 fully saturated rings. The highest BCUT2D eigenvalue weighted by Gasteiger charge is 2.41. The second kappa shape index (κ2) is 9.18. The van der Waals surface area contributed by atoms with E-state index in [0.717, 1.165) is 17.7 Å². The molecule has 0 spiro atoms. The molecule has 8 heteroatoms. The molecule has 28 heavy (non-hydrogen) atoms. The van der Waals surface area contributed by atoms with Crippen molar-refractivity contribution in [3.8, 4) is 0 Å². The molecule has 2 aromatic rings. The van der Waals surface area contributed by atoms with Crippen LogP contribution in [0, 0.1) is 5.41 Å². The number of carbonyl (C=O) groups is 1. The van der Waals surface area contributed by atoms with Crippen LogP contribution in [0.3, 0.4) is 0 Å². The van der Waals surface area contributed by atoms with Gasteiger partial charge in [0, 0.05) is 27.4 Å². The number of hydrogen-bond acceptors (Lipinski definition) is 4. The number of carbonyl (C=O) groups excluding carboxylic acids is 1. The SMILES string of the molecule is CSOCCC1(C)CN(C(=O)Nc2ccc(Cl)cc2)N=C1c1ccc(Cl)cc1. The maximum atomic E-state index is 12.8. The van der Waals surface area contributed by atoms with Crippen LogP contribution in [0.1, 0.15) is 18.9 Å². The highest BCUT2D eigenvalue weighted by atomic mass is 35.5. The van der Waals surface area contributed by atoms with Gasteiger partial charge >= 0.3 is 6.03 Å². The van der Waals surface area contributed by atoms with Crippen molar-refractivity contribution in [2.75, 3.05) is 24.7 Å². The highest BCUT2D eigenvalue weighted by molar-refractivity contribution is 7.93. The van der Waals surface area contributed by atoms with Gasteiger partial charge in [-0.15, -0.1) is 0 Å². The van der Waals surface area contributed by atoms with Gasteiger partial charge in [0.25, 0.3) is 0 Å². The third kappa shape index (κ3) is 5.00. The summed E-state index contributed by atoms with van der Waals surface area (Å²) in [5.74, 6) is 0. The van der Waals surface area contributed by atoms with Crippen LogP contribution >= 0.6 is 35.2 Å². The lowest BCUT2D eigenvalue weighted by atomic mass is 9.79. The average Bonchev–Trinajstić information content (AvgIpc) is 3.02. The van der Waals surface area contributed by atoms with Crippen LogP contribution < -0.4 is 5.32 Å². The molecule has 5 nitrogen and oxygen atoms in total. The topological polar surface area (TPSA) is 53.9 Å². The van der Waals surface area contributed by atoms with Crippen LogP contribution in [0.2, 0.25) is 10.0 Å². The van der Waals surface area contributed by atoms with Crippen LogP contribution in [0.25, 0.3) is 0 Å². The van der Waals surface area contributed by atoms with Gasteiger partial charge in [0.2, 0.25) is 0 Å². The van der Waals surface area contributed by atoms with E-state index in [1.54, 1.807) is 24.3 Å². The Labute approximate surface area is 179 Å². The summed E-state index contributed by atoms with van der Waals surface area (Å²) in [6, 6.07) is 14.2. The lowest BCUT2D eigenvalue weighted by molar-refractivity contribution is 0.201. The van der Waals surface area contributed by atoms with E-state index >= 15 is 0 Å². The van der Waals surface area contributed by atoms with Crippen LogP contribution in [-0.4, -0.2) is 36.2 Å². The number of halogens is 2. The largest absolute Gasteiger partial charge is 0.342 e. The van der Waals surface area contributed by atoms with Crippen molar-refractivity contribution < 1.29 is 8.98 Å². The third-order valence-corrected chi connectivity index (χ3v) is 5.50. The minimum Gasteiger partial charge on any atom is -0.316 e. The van der Waals surface area contributed by atoms with E-state index in [0.29, 0.717) is 28.9 Å². The number of nitrogens with one attached hydrogen (secondary N) is 1. The normalized spacial score (nSPS) is 18.9. The van der Waals surface area contributed by atoms with Crippen LogP contribution in [0.5, 0.6) is 0 Å². The zero-order chi connectivity index (χ0) is 20.1. The molecule has 0 saturated heterocycles. The number of hydrazone groups is 1. The fourth-order valence-electron chi connectivity index (χ4n) is 3.08. The summed E-state index contributed by atoms with van der Waals surface area (Å²) in [5.41, 5.74) is 2.12. The Morgan fingerprint density at radius 3 is 2.39 bits per heavy atom. The summed E-state index contributed by atoms with van der Waals surface area (Å²) in [4.78, 5) is 12.8. The van der Waals surface area contributed by atoms with E-state index in [1.807, 2.05) is 30.5 Å². The summed E-state index contributed by atoms with van der Waals surface area (Å²) >= 11 is 13.3. The first-order valence-electron chi connectivity index (χ1n) is 8.76. The molecule has 1 aliphatic rings. The smallest absolute Gasteiger partial charge is 0.316 e. The third-order valence-electron chi connectivity index (χ3n) is 4.59. The van der Waals surface area contributed by atoms with Crippen molar-refractivity contribution in [3.63, 3.8) is 0 Å². The molecule has 1 unspecified atom stereocenters. The van der Waals surface area contributed by atoms with Crippen molar-refractivity contribution in [2.24, 2.45) is 10.5 Å². The summed E-state index contributed by atoms with van der Waals surface area (Å²) in [6.07, 6.45) is 2.62. The maximum absolute atomic E-state index is 12.8. The predicted molar refractivity (Wildman–Crippen MR) is 117 cm³/mol. The first-order chi connectivity index (χ1) is 13.4. The molecule has 0 bridgehead atoms. The Morgan fingerprint density at radius 2 is 1.79 bits per heavy atom. The molecule has 1 aliphatic heterocycles. The molecule has 0 aliphatic carbocycles. The molecule has 2 aromatic carbocycles. The fraction of sp³-hybridized carbons (Fsp3) is 0.300. The molecule has 3 rings (SSSR count). The van der Waals surface area contributed by atoms with Gasteiger partial charge < -0.3 is 9.50 Å². The number of rotatable bonds is 6. The van der Waals surface area contributed by atoms with E-state index in [2.05, 4.69) is 17.3 Å². The number of anilines is 1. The van der Waals surface area contributed by atoms with Crippen molar-refractivity contribution in [1.82, 2.24) is 5.01 Å². The van der Waals surface area contributed by atoms with Crippen LogP contribution in [0.15, 0.2) is 53.6 Å². The van der Waals surface area contributed by atoms with Gasteiger partial charge in [-0.1, -0.05) is 42.3 Å². The second-order valence-electron chi connectivity index (χ2n) is 6.75. The van der Waals surface area contributed by atoms with Crippen molar-refractivity contribution >= 4 is 52.7 Å². The van der Waals surface area contributed by atoms with Gasteiger partial charge in [0.1, 0.15) is 0 Å². The standard InChI is InChI=1S/C20H21Cl2N3O2S/c1-20(11-12-27-28-2)13-25(19(26)23-17-9-7-16(22)8-10-17)24-18(20)14-3-5-15(21)6-4-14/h3-10H,11-13H2,1-2H3,(H,23,26). The van der Waals surface area contributed by atoms with E-state index in [-0.39, 0.29) is 11.4 Å². The van der Waals surface area contributed by atoms with E-state index < -0.39 is 0 Å². The quantitative estimate of drug-likeness (QED) is 0.449. The molecule has 0 radical (unpaired) electrons. The first kappa shape index (κ1) is 21.0. The number of amides is 2. The van der Waals surface area contributed by atoms with E-state index in [4.69, 9.17) is 27.4 Å². The molecule has 1 N–H and O–H groups in total. The minimum atomic E-state index is -0.332. The summed E-state index contributed by atoms with van der Waals surface area (Å²) in [6.45, 7) is 3.12. The average molecular weight is 438 g/mol. The molecule has 0 aromatic heterocycles. The van der Waals surface area contributed by atoms with Gasteiger partial charge in [-0.3, -0.25) is 0 Å². The zero-order valence-electron chi connectivity index (χ0n) is 15.6. The Balaban J connectivity index is 1.82. The zero-order valence-corrected chi connectivity index (χ0v) is 17.9. The van der Waals surface area contributed by atoms with Crippen molar-refractivity contribution in [2.45, 2.75) is 13.3 Å². The van der Waals surface area contributed by atoms with Gasteiger partial charge in [0.15, 0.2) is 0 Å². The summed E-state index contributed by atoms with van der Waals surface area (Å²) in [7, 11) is 0. The van der Waals surface area contributed by atoms with Crippen molar-refractivity contribution in [3.05, 3.63) is 64.1 Å². The Kier molecular flexibility index (Phi) is 6.88. The number of hydrogen-bond donors (Lipinski definition) is 1. The summed E-state index contributed by atoms with van der Waals surface area (Å²) in [5, 5.41) is 10.2. The molecular weight excluding hydrogens is 417 g/mol. The number of nitrogens with zero attached hydrogens (tertiary/aromatic N) is 2. The van der Waals surface area contributed by atoms with Gasteiger partial charge in [-0.25, -0.2) is 9.80 Å². The van der Waals surface area contributed by atoms with Crippen LogP contribution in [-0.2, 0) is 4.18 Å². The van der Waals surface area contributed by atoms with E-state index in [1.165, 1.54) is 17.1 Å². The molecule has 148 valence electrons. The van der Waals surface area contributed by atoms with Gasteiger partial charge in [-0.2, -0.15) is 5.10 Å². The number of benzene rings is 2. The number of urea groups is 1. The summed E-state index contributed by atoms with van der Waals surface area (Å²) < 4.78 is 5.48. The Morgan fingerprint density at radius 1 is 1.18 bits per heavy atom. The second-order valence-corrected chi connectivity index (χ2v) is 8.19. The predicted octanol–water partition coefficient (Wildman–Crippen LogP) is 5.94. The van der Waals surface area contributed by atoms with Gasteiger partial charge in [0.05, 0.1) is 18.9 Å². The first-order valence-corrected chi connectivity index (χ1v) is 10.7. The molecular formula is C20H21Cl2N3O2S. The Hall–Kier alpha value is -1.73. The highest BCUT2D eigenvalue weighted by Crippen LogP contribution is 2.35. The molecule has 1 atom stereocenters. The lowest BCUT2D eigenvalue weighted by Gasteiger charge is -2.26. The molecule has 0 saturated carbocycles. The van der Waals surface area contributed by atoms with Crippen molar-refractivity contribution in [1.29, 1.82) is 0 Å². The fourth-order valence-corrected chi connectivity index (χ4v) is 3.58. The monoisotopic (exact) mass is 437 g/mol. The lowest BCUT2D eigenvalue weighted by Crippen LogP contribution is -2.36. The molecule has 2 amide bonds. The van der Waals surface area contributed by atoms with E-state index in [9.17, 15) is 4.79 Å². The minimum absolute atomic E-state index is 0.289. The van der Waals surface area contributed by atoms with Gasteiger partial charge in [-0.05, 0) is 60.4 Å². The molecule has 1 heterocycles. The maximum Gasteiger partial charge on any atom is 0.342 e. The van der Waals surface area contributed by atoms with Crippen LogP contribution in [0.4, 0.5) is 10.5 Å².